The van der Waals surface area contributed by atoms with Gasteiger partial charge in [-0.05, 0) is 83.8 Å². The quantitative estimate of drug-likeness (QED) is 0.637. The number of hydrogen-bond donors (Lipinski definition) is 3. The van der Waals surface area contributed by atoms with Crippen LogP contribution < -0.4 is 10.5 Å². The van der Waals surface area contributed by atoms with Crippen LogP contribution in [-0.4, -0.2) is 22.2 Å². The highest BCUT2D eigenvalue weighted by Crippen LogP contribution is 2.33. The van der Waals surface area contributed by atoms with Gasteiger partial charge in [0, 0.05) is 0 Å². The maximum absolute atomic E-state index is 10.9. The van der Waals surface area contributed by atoms with Crippen LogP contribution in [0.1, 0.15) is 16.7 Å². The zero-order chi connectivity index (χ0) is 17.1. The molecule has 122 valence electrons. The second kappa shape index (κ2) is 7.18. The number of carboxylic acids is 1. The summed E-state index contributed by atoms with van der Waals surface area (Å²) < 4.78 is 6.79. The molecule has 5 nitrogen and oxygen atoms in total. The summed E-state index contributed by atoms with van der Waals surface area (Å²) in [7, 11) is 0. The number of hydrogen-bond acceptors (Lipinski definition) is 4. The normalized spacial score (nSPS) is 12.0. The zero-order valence-electron chi connectivity index (χ0n) is 12.8. The third-order valence-corrected chi connectivity index (χ3v) is 4.25. The van der Waals surface area contributed by atoms with Gasteiger partial charge in [0.05, 0.1) is 3.57 Å². The van der Waals surface area contributed by atoms with Crippen molar-refractivity contribution < 1.29 is 19.7 Å². The predicted molar refractivity (Wildman–Crippen MR) is 96.1 cm³/mol. The Bertz CT molecular complexity index is 722. The molecule has 0 aliphatic heterocycles. The van der Waals surface area contributed by atoms with Gasteiger partial charge >= 0.3 is 5.97 Å². The second-order valence-corrected chi connectivity index (χ2v) is 6.59. The van der Waals surface area contributed by atoms with Gasteiger partial charge in [-0.1, -0.05) is 6.07 Å². The molecule has 6 heteroatoms. The minimum absolute atomic E-state index is 0.224. The van der Waals surface area contributed by atoms with Crippen LogP contribution in [0.4, 0.5) is 0 Å². The number of ether oxygens (including phenoxy) is 1. The molecule has 0 aromatic heterocycles. The lowest BCUT2D eigenvalue weighted by Crippen LogP contribution is -2.32. The largest absolute Gasteiger partial charge is 0.508 e. The van der Waals surface area contributed by atoms with Gasteiger partial charge in [0.2, 0.25) is 0 Å². The van der Waals surface area contributed by atoms with E-state index in [0.29, 0.717) is 11.5 Å². The molecule has 0 bridgehead atoms. The number of rotatable bonds is 5. The van der Waals surface area contributed by atoms with E-state index in [1.165, 1.54) is 0 Å². The molecule has 0 aliphatic carbocycles. The lowest BCUT2D eigenvalue weighted by Gasteiger charge is -2.14. The van der Waals surface area contributed by atoms with Crippen molar-refractivity contribution in [1.82, 2.24) is 0 Å². The summed E-state index contributed by atoms with van der Waals surface area (Å²) in [5.41, 5.74) is 8.08. The highest BCUT2D eigenvalue weighted by Gasteiger charge is 2.15. The SMILES string of the molecule is Cc1cc(Oc2c(C)cc(C[C@H](N)C(=O)O)cc2I)ccc1O. The Morgan fingerprint density at radius 2 is 1.96 bits per heavy atom. The van der Waals surface area contributed by atoms with Crippen LogP contribution in [0.15, 0.2) is 30.3 Å². The number of phenolic OH excluding ortho intramolecular Hbond substituents is 1. The molecule has 0 heterocycles. The number of halogens is 1. The van der Waals surface area contributed by atoms with Gasteiger partial charge in [-0.25, -0.2) is 0 Å². The van der Waals surface area contributed by atoms with Crippen LogP contribution in [0.3, 0.4) is 0 Å². The predicted octanol–water partition coefficient (Wildman–Crippen LogP) is 3.36. The first-order chi connectivity index (χ1) is 10.8. The molecular formula is C17H18INO4. The summed E-state index contributed by atoms with van der Waals surface area (Å²) in [6, 6.07) is 7.89. The van der Waals surface area contributed by atoms with Crippen LogP contribution in [-0.2, 0) is 11.2 Å². The summed E-state index contributed by atoms with van der Waals surface area (Å²) in [4.78, 5) is 10.9. The van der Waals surface area contributed by atoms with Gasteiger partial charge < -0.3 is 20.7 Å². The summed E-state index contributed by atoms with van der Waals surface area (Å²) in [5.74, 6) is 0.555. The van der Waals surface area contributed by atoms with E-state index in [1.807, 2.05) is 19.1 Å². The molecule has 1 atom stereocenters. The van der Waals surface area contributed by atoms with Gasteiger partial charge in [0.15, 0.2) is 0 Å². The molecular weight excluding hydrogens is 409 g/mol. The standard InChI is InChI=1S/C17H18INO4/c1-9-6-12(3-4-15(9)20)23-16-10(2)5-11(7-13(16)18)8-14(19)17(21)22/h3-7,14,20H,8,19H2,1-2H3,(H,21,22)/t14-/m0/s1. The molecule has 0 spiro atoms. The number of aromatic hydroxyl groups is 1. The smallest absolute Gasteiger partial charge is 0.320 e. The molecule has 4 N–H and O–H groups in total. The Kier molecular flexibility index (Phi) is 5.48. The molecule has 2 rings (SSSR count). The Morgan fingerprint density at radius 1 is 1.26 bits per heavy atom. The highest BCUT2D eigenvalue weighted by molar-refractivity contribution is 14.1. The first-order valence-corrected chi connectivity index (χ1v) is 8.10. The van der Waals surface area contributed by atoms with Crippen molar-refractivity contribution in [1.29, 1.82) is 0 Å². The maximum atomic E-state index is 10.9. The van der Waals surface area contributed by atoms with E-state index in [1.54, 1.807) is 25.1 Å². The first-order valence-electron chi connectivity index (χ1n) is 7.03. The van der Waals surface area contributed by atoms with E-state index >= 15 is 0 Å². The van der Waals surface area contributed by atoms with E-state index in [9.17, 15) is 9.90 Å². The molecule has 0 amide bonds. The average molecular weight is 427 g/mol. The van der Waals surface area contributed by atoms with E-state index in [0.717, 1.165) is 20.3 Å². The summed E-state index contributed by atoms with van der Waals surface area (Å²) in [6.07, 6.45) is 0.269. The van der Waals surface area contributed by atoms with Crippen molar-refractivity contribution in [2.75, 3.05) is 0 Å². The van der Waals surface area contributed by atoms with Crippen molar-refractivity contribution in [2.45, 2.75) is 26.3 Å². The van der Waals surface area contributed by atoms with Crippen molar-refractivity contribution in [3.63, 3.8) is 0 Å². The molecule has 0 radical (unpaired) electrons. The number of carboxylic acid groups (broad SMARTS) is 1. The van der Waals surface area contributed by atoms with Gasteiger partial charge in [-0.3, -0.25) is 4.79 Å². The van der Waals surface area contributed by atoms with Crippen molar-refractivity contribution >= 4 is 28.6 Å². The fourth-order valence-corrected chi connectivity index (χ4v) is 3.14. The third-order valence-electron chi connectivity index (χ3n) is 3.45. The third kappa shape index (κ3) is 4.35. The number of benzene rings is 2. The highest BCUT2D eigenvalue weighted by atomic mass is 127. The van der Waals surface area contributed by atoms with Crippen LogP contribution >= 0.6 is 22.6 Å². The molecule has 2 aromatic carbocycles. The van der Waals surface area contributed by atoms with E-state index in [2.05, 4.69) is 22.6 Å². The lowest BCUT2D eigenvalue weighted by molar-refractivity contribution is -0.138. The Labute approximate surface area is 148 Å². The molecule has 0 saturated heterocycles. The summed E-state index contributed by atoms with van der Waals surface area (Å²) in [6.45, 7) is 3.71. The molecule has 0 unspecified atom stereocenters. The fraction of sp³-hybridized carbons (Fsp3) is 0.235. The molecule has 2 aromatic rings. The van der Waals surface area contributed by atoms with Gasteiger partial charge in [-0.15, -0.1) is 0 Å². The van der Waals surface area contributed by atoms with E-state index in [-0.39, 0.29) is 12.2 Å². The van der Waals surface area contributed by atoms with Crippen LogP contribution in [0.2, 0.25) is 0 Å². The number of phenols is 1. The van der Waals surface area contributed by atoms with Crippen LogP contribution in [0.5, 0.6) is 17.2 Å². The Hall–Kier alpha value is -1.80. The van der Waals surface area contributed by atoms with Crippen LogP contribution in [0.25, 0.3) is 0 Å². The molecule has 0 saturated carbocycles. The Morgan fingerprint density at radius 3 is 2.52 bits per heavy atom. The monoisotopic (exact) mass is 427 g/mol. The first kappa shape index (κ1) is 17.6. The minimum Gasteiger partial charge on any atom is -0.508 e. The second-order valence-electron chi connectivity index (χ2n) is 5.42. The van der Waals surface area contributed by atoms with E-state index < -0.39 is 12.0 Å². The summed E-state index contributed by atoms with van der Waals surface area (Å²) >= 11 is 2.16. The van der Waals surface area contributed by atoms with Crippen molar-refractivity contribution in [2.24, 2.45) is 5.73 Å². The number of carbonyl (C=O) groups is 1. The van der Waals surface area contributed by atoms with Crippen LogP contribution in [0, 0.1) is 17.4 Å². The molecule has 0 fully saturated rings. The van der Waals surface area contributed by atoms with E-state index in [4.69, 9.17) is 15.6 Å². The zero-order valence-corrected chi connectivity index (χ0v) is 15.0. The van der Waals surface area contributed by atoms with Crippen molar-refractivity contribution in [3.05, 3.63) is 50.6 Å². The number of aliphatic carboxylic acids is 1. The lowest BCUT2D eigenvalue weighted by atomic mass is 10.0. The average Bonchev–Trinajstić information content (AvgIpc) is 2.46. The maximum Gasteiger partial charge on any atom is 0.320 e. The topological polar surface area (TPSA) is 92.8 Å². The fourth-order valence-electron chi connectivity index (χ4n) is 2.20. The summed E-state index contributed by atoms with van der Waals surface area (Å²) in [5, 5.41) is 18.5. The Balaban J connectivity index is 2.26. The molecule has 0 aliphatic rings. The number of aryl methyl sites for hydroxylation is 2. The number of nitrogens with two attached hydrogens (primary N) is 1. The minimum atomic E-state index is -1.02. The van der Waals surface area contributed by atoms with Gasteiger partial charge in [0.25, 0.3) is 0 Å². The van der Waals surface area contributed by atoms with Gasteiger partial charge in [-0.2, -0.15) is 0 Å². The van der Waals surface area contributed by atoms with Crippen molar-refractivity contribution in [3.8, 4) is 17.2 Å². The molecule has 23 heavy (non-hydrogen) atoms. The van der Waals surface area contributed by atoms with Gasteiger partial charge in [0.1, 0.15) is 23.3 Å².